The van der Waals surface area contributed by atoms with Crippen LogP contribution < -0.4 is 15.4 Å². The fraction of sp³-hybridized carbons (Fsp3) is 0.0588. The summed E-state index contributed by atoms with van der Waals surface area (Å²) in [5.41, 5.74) is 1.80. The first kappa shape index (κ1) is 15.3. The van der Waals surface area contributed by atoms with E-state index in [9.17, 15) is 0 Å². The lowest BCUT2D eigenvalue weighted by molar-refractivity contribution is 0.417. The number of methoxy groups -OCH3 is 1. The van der Waals surface area contributed by atoms with Gasteiger partial charge in [0.2, 0.25) is 0 Å². The minimum absolute atomic E-state index is 0.684. The summed E-state index contributed by atoms with van der Waals surface area (Å²) in [4.78, 5) is 8.48. The van der Waals surface area contributed by atoms with Crippen LogP contribution in [0.25, 0.3) is 0 Å². The third kappa shape index (κ3) is 3.98. The number of nitrogens with zero attached hydrogens (tertiary/aromatic N) is 2. The molecule has 2 aromatic carbocycles. The molecule has 0 saturated heterocycles. The minimum Gasteiger partial charge on any atom is -0.495 e. The Morgan fingerprint density at radius 2 is 1.61 bits per heavy atom. The molecule has 3 aromatic rings. The summed E-state index contributed by atoms with van der Waals surface area (Å²) in [5, 5.41) is 6.48. The Bertz CT molecular complexity index is 793. The number of hydrogen-bond donors (Lipinski definition) is 2. The fourth-order valence-corrected chi connectivity index (χ4v) is 2.33. The Kier molecular flexibility index (Phi) is 4.73. The van der Waals surface area contributed by atoms with Gasteiger partial charge in [0.05, 0.1) is 12.8 Å². The van der Waals surface area contributed by atoms with E-state index in [0.717, 1.165) is 21.6 Å². The molecule has 116 valence electrons. The molecule has 0 atom stereocenters. The quantitative estimate of drug-likeness (QED) is 0.679. The first-order valence-corrected chi connectivity index (χ1v) is 7.78. The second-order valence-corrected chi connectivity index (χ2v) is 5.66. The number of benzene rings is 2. The predicted octanol–water partition coefficient (Wildman–Crippen LogP) is 4.73. The van der Waals surface area contributed by atoms with Gasteiger partial charge in [0.15, 0.2) is 0 Å². The highest BCUT2D eigenvalue weighted by molar-refractivity contribution is 9.10. The lowest BCUT2D eigenvalue weighted by atomic mass is 10.3. The Hall–Kier alpha value is -2.60. The van der Waals surface area contributed by atoms with Crippen LogP contribution in [0.4, 0.5) is 23.0 Å². The number of para-hydroxylation sites is 2. The van der Waals surface area contributed by atoms with Crippen molar-refractivity contribution in [2.45, 2.75) is 0 Å². The molecule has 0 unspecified atom stereocenters. The largest absolute Gasteiger partial charge is 0.495 e. The van der Waals surface area contributed by atoms with Crippen LogP contribution in [-0.4, -0.2) is 17.1 Å². The van der Waals surface area contributed by atoms with E-state index >= 15 is 0 Å². The third-order valence-electron chi connectivity index (χ3n) is 3.15. The van der Waals surface area contributed by atoms with Crippen LogP contribution in [0, 0.1) is 0 Å². The van der Waals surface area contributed by atoms with Crippen LogP contribution in [0.1, 0.15) is 0 Å². The minimum atomic E-state index is 0.684. The molecule has 6 heteroatoms. The van der Waals surface area contributed by atoms with Crippen LogP contribution in [0.2, 0.25) is 0 Å². The highest BCUT2D eigenvalue weighted by Crippen LogP contribution is 2.27. The number of aromatic nitrogens is 2. The third-order valence-corrected chi connectivity index (χ3v) is 3.68. The number of nitrogens with one attached hydrogen (secondary N) is 2. The molecule has 0 aliphatic heterocycles. The zero-order valence-electron chi connectivity index (χ0n) is 12.5. The van der Waals surface area contributed by atoms with E-state index in [4.69, 9.17) is 4.74 Å². The van der Waals surface area contributed by atoms with E-state index in [1.807, 2.05) is 54.6 Å². The van der Waals surface area contributed by atoms with E-state index in [1.165, 1.54) is 6.33 Å². The first-order valence-electron chi connectivity index (χ1n) is 6.99. The highest BCUT2D eigenvalue weighted by atomic mass is 79.9. The fourth-order valence-electron chi connectivity index (χ4n) is 2.06. The monoisotopic (exact) mass is 370 g/mol. The Morgan fingerprint density at radius 3 is 2.35 bits per heavy atom. The van der Waals surface area contributed by atoms with Crippen LogP contribution >= 0.6 is 15.9 Å². The van der Waals surface area contributed by atoms with Gasteiger partial charge in [0.1, 0.15) is 23.7 Å². The smallest absolute Gasteiger partial charge is 0.142 e. The molecule has 0 aliphatic rings. The molecular formula is C17H15BrN4O. The molecule has 5 nitrogen and oxygen atoms in total. The first-order chi connectivity index (χ1) is 11.2. The number of ether oxygens (including phenoxy) is 1. The summed E-state index contributed by atoms with van der Waals surface area (Å²) in [5.74, 6) is 2.15. The molecule has 2 N–H and O–H groups in total. The summed E-state index contributed by atoms with van der Waals surface area (Å²) in [6.07, 6.45) is 1.51. The second-order valence-electron chi connectivity index (χ2n) is 4.75. The summed E-state index contributed by atoms with van der Waals surface area (Å²) in [6.45, 7) is 0. The topological polar surface area (TPSA) is 59.1 Å². The molecule has 3 rings (SSSR count). The number of anilines is 4. The maximum absolute atomic E-state index is 5.33. The number of hydrogen-bond acceptors (Lipinski definition) is 5. The SMILES string of the molecule is COc1ccccc1Nc1cc(Nc2ccc(Br)cc2)ncn1. The van der Waals surface area contributed by atoms with E-state index in [1.54, 1.807) is 7.11 Å². The maximum Gasteiger partial charge on any atom is 0.142 e. The Balaban J connectivity index is 1.78. The van der Waals surface area contributed by atoms with Gasteiger partial charge in [-0.25, -0.2) is 9.97 Å². The van der Waals surface area contributed by atoms with Crippen LogP contribution in [-0.2, 0) is 0 Å². The van der Waals surface area contributed by atoms with Gasteiger partial charge in [-0.3, -0.25) is 0 Å². The molecule has 0 amide bonds. The lowest BCUT2D eigenvalue weighted by Gasteiger charge is -2.11. The Labute approximate surface area is 142 Å². The zero-order chi connectivity index (χ0) is 16.1. The van der Waals surface area contributed by atoms with Gasteiger partial charge >= 0.3 is 0 Å². The molecule has 1 heterocycles. The van der Waals surface area contributed by atoms with Crippen LogP contribution in [0.5, 0.6) is 5.75 Å². The van der Waals surface area contributed by atoms with E-state index < -0.39 is 0 Å². The average Bonchev–Trinajstić information content (AvgIpc) is 2.58. The van der Waals surface area contributed by atoms with Gasteiger partial charge in [0.25, 0.3) is 0 Å². The van der Waals surface area contributed by atoms with Crippen molar-refractivity contribution >= 4 is 38.9 Å². The van der Waals surface area contributed by atoms with Gasteiger partial charge in [-0.15, -0.1) is 0 Å². The molecule has 0 fully saturated rings. The van der Waals surface area contributed by atoms with Crippen LogP contribution in [0.3, 0.4) is 0 Å². The Morgan fingerprint density at radius 1 is 0.913 bits per heavy atom. The number of rotatable bonds is 5. The molecule has 0 aliphatic carbocycles. The summed E-state index contributed by atoms with van der Waals surface area (Å²) < 4.78 is 6.36. The van der Waals surface area contributed by atoms with Gasteiger partial charge in [-0.05, 0) is 36.4 Å². The van der Waals surface area contributed by atoms with Crippen molar-refractivity contribution in [3.63, 3.8) is 0 Å². The number of halogens is 1. The van der Waals surface area contributed by atoms with Crippen molar-refractivity contribution in [2.24, 2.45) is 0 Å². The van der Waals surface area contributed by atoms with E-state index in [-0.39, 0.29) is 0 Å². The van der Waals surface area contributed by atoms with Crippen molar-refractivity contribution in [3.8, 4) is 5.75 Å². The lowest BCUT2D eigenvalue weighted by Crippen LogP contribution is -1.99. The molecule has 0 bridgehead atoms. The summed E-state index contributed by atoms with van der Waals surface area (Å²) >= 11 is 3.42. The normalized spacial score (nSPS) is 10.2. The molecule has 0 saturated carbocycles. The van der Waals surface area contributed by atoms with E-state index in [0.29, 0.717) is 11.6 Å². The summed E-state index contributed by atoms with van der Waals surface area (Å²) in [6, 6.07) is 17.4. The van der Waals surface area contributed by atoms with Crippen molar-refractivity contribution in [2.75, 3.05) is 17.7 Å². The average molecular weight is 371 g/mol. The van der Waals surface area contributed by atoms with Crippen molar-refractivity contribution < 1.29 is 4.74 Å². The standard InChI is InChI=1S/C17H15BrN4O/c1-23-15-5-3-2-4-14(15)22-17-10-16(19-11-20-17)21-13-8-6-12(18)7-9-13/h2-11H,1H3,(H2,19,20,21,22). The van der Waals surface area contributed by atoms with Gasteiger partial charge in [0, 0.05) is 16.2 Å². The van der Waals surface area contributed by atoms with Crippen molar-refractivity contribution in [1.29, 1.82) is 0 Å². The van der Waals surface area contributed by atoms with Gasteiger partial charge < -0.3 is 15.4 Å². The zero-order valence-corrected chi connectivity index (χ0v) is 14.0. The van der Waals surface area contributed by atoms with Gasteiger partial charge in [-0.1, -0.05) is 28.1 Å². The predicted molar refractivity (Wildman–Crippen MR) is 95.7 cm³/mol. The molecule has 23 heavy (non-hydrogen) atoms. The molecule has 1 aromatic heterocycles. The van der Waals surface area contributed by atoms with Crippen LogP contribution in [0.15, 0.2) is 65.4 Å². The molecule has 0 spiro atoms. The maximum atomic E-state index is 5.33. The highest BCUT2D eigenvalue weighted by Gasteiger charge is 2.04. The second kappa shape index (κ2) is 7.11. The molecule has 0 radical (unpaired) electrons. The summed E-state index contributed by atoms with van der Waals surface area (Å²) in [7, 11) is 1.64. The van der Waals surface area contributed by atoms with Crippen molar-refractivity contribution in [1.82, 2.24) is 9.97 Å². The van der Waals surface area contributed by atoms with E-state index in [2.05, 4.69) is 36.5 Å². The van der Waals surface area contributed by atoms with Gasteiger partial charge in [-0.2, -0.15) is 0 Å². The molecular weight excluding hydrogens is 356 g/mol. The van der Waals surface area contributed by atoms with Crippen molar-refractivity contribution in [3.05, 3.63) is 65.4 Å².